The summed E-state index contributed by atoms with van der Waals surface area (Å²) < 4.78 is 4.53. The quantitative estimate of drug-likeness (QED) is 0.765. The number of aliphatic carboxylic acids is 1. The Hall–Kier alpha value is -1.99. The van der Waals surface area contributed by atoms with E-state index in [1.807, 2.05) is 0 Å². The molecular formula is C13H21N3O5. The number of carboxylic acid groups (broad SMARTS) is 1. The van der Waals surface area contributed by atoms with E-state index in [0.29, 0.717) is 32.5 Å². The summed E-state index contributed by atoms with van der Waals surface area (Å²) in [5, 5.41) is 11.9. The van der Waals surface area contributed by atoms with Crippen LogP contribution in [0.2, 0.25) is 0 Å². The number of carboxylic acids is 1. The Balaban J connectivity index is 1.88. The number of methoxy groups -OCH3 is 1. The van der Waals surface area contributed by atoms with Crippen LogP contribution in [0.5, 0.6) is 0 Å². The van der Waals surface area contributed by atoms with Crippen LogP contribution in [0.1, 0.15) is 19.8 Å². The van der Waals surface area contributed by atoms with Crippen LogP contribution < -0.4 is 5.32 Å². The summed E-state index contributed by atoms with van der Waals surface area (Å²) >= 11 is 0. The molecule has 0 aliphatic carbocycles. The van der Waals surface area contributed by atoms with E-state index >= 15 is 0 Å². The van der Waals surface area contributed by atoms with Gasteiger partial charge in [0.2, 0.25) is 0 Å². The molecule has 21 heavy (non-hydrogen) atoms. The SMILES string of the molecule is COC(=O)NC1CCN(C(=O)N2CCC(C)(C(=O)O)C2)C1. The van der Waals surface area contributed by atoms with E-state index in [2.05, 4.69) is 10.1 Å². The Kier molecular flexibility index (Phi) is 4.24. The number of rotatable bonds is 2. The summed E-state index contributed by atoms with van der Waals surface area (Å²) in [5.74, 6) is -0.871. The number of urea groups is 1. The summed E-state index contributed by atoms with van der Waals surface area (Å²) in [6, 6.07) is -0.274. The zero-order valence-corrected chi connectivity index (χ0v) is 12.3. The molecule has 8 nitrogen and oxygen atoms in total. The lowest BCUT2D eigenvalue weighted by Crippen LogP contribution is -2.44. The predicted octanol–water partition coefficient (Wildman–Crippen LogP) is 0.333. The van der Waals surface area contributed by atoms with Crippen LogP contribution in [0.15, 0.2) is 0 Å². The first-order valence-electron chi connectivity index (χ1n) is 6.97. The third-order valence-electron chi connectivity index (χ3n) is 4.23. The number of carbonyl (C=O) groups excluding carboxylic acids is 2. The molecule has 2 aliphatic rings. The van der Waals surface area contributed by atoms with Gasteiger partial charge in [-0.05, 0) is 19.8 Å². The Morgan fingerprint density at radius 3 is 2.57 bits per heavy atom. The second kappa shape index (κ2) is 5.79. The minimum atomic E-state index is -0.871. The maximum atomic E-state index is 12.4. The Morgan fingerprint density at radius 1 is 1.29 bits per heavy atom. The van der Waals surface area contributed by atoms with E-state index in [1.54, 1.807) is 16.7 Å². The molecule has 2 N–H and O–H groups in total. The number of ether oxygens (including phenoxy) is 1. The first-order valence-corrected chi connectivity index (χ1v) is 6.97. The van der Waals surface area contributed by atoms with Crippen molar-refractivity contribution >= 4 is 18.1 Å². The van der Waals surface area contributed by atoms with Crippen molar-refractivity contribution in [1.29, 1.82) is 0 Å². The van der Waals surface area contributed by atoms with Gasteiger partial charge in [0.15, 0.2) is 0 Å². The van der Waals surface area contributed by atoms with Gasteiger partial charge in [-0.2, -0.15) is 0 Å². The van der Waals surface area contributed by atoms with E-state index in [4.69, 9.17) is 0 Å². The fourth-order valence-corrected chi connectivity index (χ4v) is 2.78. The number of nitrogens with zero attached hydrogens (tertiary/aromatic N) is 2. The van der Waals surface area contributed by atoms with Gasteiger partial charge in [-0.25, -0.2) is 9.59 Å². The fourth-order valence-electron chi connectivity index (χ4n) is 2.78. The minimum Gasteiger partial charge on any atom is -0.481 e. The maximum absolute atomic E-state index is 12.4. The highest BCUT2D eigenvalue weighted by Crippen LogP contribution is 2.31. The molecule has 2 saturated heterocycles. The van der Waals surface area contributed by atoms with Crippen molar-refractivity contribution in [3.63, 3.8) is 0 Å². The Bertz CT molecular complexity index is 455. The fraction of sp³-hybridized carbons (Fsp3) is 0.769. The van der Waals surface area contributed by atoms with E-state index < -0.39 is 17.5 Å². The van der Waals surface area contributed by atoms with Gasteiger partial charge in [-0.3, -0.25) is 4.79 Å². The molecule has 0 aromatic rings. The smallest absolute Gasteiger partial charge is 0.407 e. The van der Waals surface area contributed by atoms with E-state index in [1.165, 1.54) is 7.11 Å². The molecule has 2 fully saturated rings. The average Bonchev–Trinajstić information content (AvgIpc) is 3.05. The lowest BCUT2D eigenvalue weighted by Gasteiger charge is -2.25. The number of amides is 3. The first kappa shape index (κ1) is 15.4. The first-order chi connectivity index (χ1) is 9.85. The summed E-state index contributed by atoms with van der Waals surface area (Å²) in [4.78, 5) is 38.0. The number of likely N-dealkylation sites (tertiary alicyclic amines) is 2. The van der Waals surface area contributed by atoms with Gasteiger partial charge >= 0.3 is 18.1 Å². The molecule has 118 valence electrons. The van der Waals surface area contributed by atoms with Gasteiger partial charge in [0.1, 0.15) is 0 Å². The van der Waals surface area contributed by atoms with Crippen LogP contribution in [0.4, 0.5) is 9.59 Å². The zero-order chi connectivity index (χ0) is 15.6. The third kappa shape index (κ3) is 3.20. The van der Waals surface area contributed by atoms with Crippen LogP contribution >= 0.6 is 0 Å². The van der Waals surface area contributed by atoms with Crippen molar-refractivity contribution in [2.75, 3.05) is 33.3 Å². The normalized spacial score (nSPS) is 28.6. The van der Waals surface area contributed by atoms with E-state index in [0.717, 1.165) is 0 Å². The molecule has 2 rings (SSSR count). The van der Waals surface area contributed by atoms with Crippen molar-refractivity contribution in [3.8, 4) is 0 Å². The molecule has 0 aromatic carbocycles. The predicted molar refractivity (Wildman–Crippen MR) is 72.8 cm³/mol. The van der Waals surface area contributed by atoms with Crippen molar-refractivity contribution in [3.05, 3.63) is 0 Å². The molecule has 0 radical (unpaired) electrons. The second-order valence-corrected chi connectivity index (χ2v) is 5.89. The molecule has 8 heteroatoms. The lowest BCUT2D eigenvalue weighted by atomic mass is 9.90. The lowest BCUT2D eigenvalue weighted by molar-refractivity contribution is -0.147. The van der Waals surface area contributed by atoms with Gasteiger partial charge in [-0.15, -0.1) is 0 Å². The number of carbonyl (C=O) groups is 3. The monoisotopic (exact) mass is 299 g/mol. The number of hydrogen-bond acceptors (Lipinski definition) is 4. The largest absolute Gasteiger partial charge is 0.481 e. The molecule has 3 amide bonds. The van der Waals surface area contributed by atoms with E-state index in [9.17, 15) is 19.5 Å². The van der Waals surface area contributed by atoms with Crippen molar-refractivity contribution in [1.82, 2.24) is 15.1 Å². The van der Waals surface area contributed by atoms with Gasteiger partial charge in [0.05, 0.1) is 18.6 Å². The summed E-state index contributed by atoms with van der Waals surface area (Å²) in [7, 11) is 1.30. The Morgan fingerprint density at radius 2 is 2.00 bits per heavy atom. The van der Waals surface area contributed by atoms with Crippen LogP contribution in [-0.2, 0) is 9.53 Å². The van der Waals surface area contributed by atoms with Crippen LogP contribution in [0.25, 0.3) is 0 Å². The summed E-state index contributed by atoms with van der Waals surface area (Å²) in [6.07, 6.45) is 0.630. The standard InChI is InChI=1S/C13H21N3O5/c1-13(10(17)18)4-6-16(8-13)12(20)15-5-3-9(7-15)14-11(19)21-2/h9H,3-8H2,1-2H3,(H,14,19)(H,17,18). The number of hydrogen-bond donors (Lipinski definition) is 2. The van der Waals surface area contributed by atoms with Crippen LogP contribution in [-0.4, -0.2) is 72.3 Å². The molecule has 2 heterocycles. The van der Waals surface area contributed by atoms with Crippen LogP contribution in [0.3, 0.4) is 0 Å². The molecule has 0 aromatic heterocycles. The van der Waals surface area contributed by atoms with Gasteiger partial charge in [-0.1, -0.05) is 0 Å². The molecule has 0 bridgehead atoms. The molecular weight excluding hydrogens is 278 g/mol. The average molecular weight is 299 g/mol. The summed E-state index contributed by atoms with van der Waals surface area (Å²) in [5.41, 5.74) is -0.862. The van der Waals surface area contributed by atoms with E-state index in [-0.39, 0.29) is 18.6 Å². The molecule has 2 aliphatic heterocycles. The highest BCUT2D eigenvalue weighted by atomic mass is 16.5. The topological polar surface area (TPSA) is 99.2 Å². The van der Waals surface area contributed by atoms with Gasteiger partial charge in [0.25, 0.3) is 0 Å². The number of nitrogens with one attached hydrogen (secondary N) is 1. The third-order valence-corrected chi connectivity index (χ3v) is 4.23. The van der Waals surface area contributed by atoms with Crippen molar-refractivity contribution < 1.29 is 24.2 Å². The molecule has 2 unspecified atom stereocenters. The Labute approximate surface area is 123 Å². The summed E-state index contributed by atoms with van der Waals surface area (Å²) in [6.45, 7) is 3.32. The molecule has 0 spiro atoms. The van der Waals surface area contributed by atoms with Crippen LogP contribution in [0, 0.1) is 5.41 Å². The van der Waals surface area contributed by atoms with Crippen molar-refractivity contribution in [2.24, 2.45) is 5.41 Å². The van der Waals surface area contributed by atoms with Gasteiger partial charge < -0.3 is 25.0 Å². The minimum absolute atomic E-state index is 0.116. The zero-order valence-electron chi connectivity index (χ0n) is 12.3. The highest BCUT2D eigenvalue weighted by molar-refractivity contribution is 5.79. The highest BCUT2D eigenvalue weighted by Gasteiger charge is 2.43. The van der Waals surface area contributed by atoms with Gasteiger partial charge in [0, 0.05) is 26.2 Å². The maximum Gasteiger partial charge on any atom is 0.407 e. The molecule has 2 atom stereocenters. The molecule has 0 saturated carbocycles. The van der Waals surface area contributed by atoms with Crippen molar-refractivity contribution in [2.45, 2.75) is 25.8 Å². The second-order valence-electron chi connectivity index (χ2n) is 5.89. The number of alkyl carbamates (subject to hydrolysis) is 1.